The standard InChI is InChI=1S/C19H22N4O3S/c1-22-10-15-12-23(13-16(15)11-22)19(24)14-2-4-18(5-3-14)27(25,26)21-17-6-8-20-9-7-17/h2-9,15-16H,10-13H2,1H3,(H,20,21)/t15-,16+. The SMILES string of the molecule is CN1C[C@@H]2CN(C(=O)c3ccc(S(=O)(=O)Nc4ccncc4)cc3)C[C@@H]2C1. The maximum Gasteiger partial charge on any atom is 0.261 e. The molecule has 27 heavy (non-hydrogen) atoms. The molecule has 2 aliphatic heterocycles. The monoisotopic (exact) mass is 386 g/mol. The second-order valence-corrected chi connectivity index (χ2v) is 9.00. The van der Waals surface area contributed by atoms with Crippen LogP contribution in [0.15, 0.2) is 53.7 Å². The molecule has 0 saturated carbocycles. The lowest BCUT2D eigenvalue weighted by Crippen LogP contribution is -2.32. The van der Waals surface area contributed by atoms with E-state index in [-0.39, 0.29) is 10.8 Å². The quantitative estimate of drug-likeness (QED) is 0.861. The number of sulfonamides is 1. The van der Waals surface area contributed by atoms with Crippen LogP contribution in [-0.2, 0) is 10.0 Å². The Morgan fingerprint density at radius 3 is 2.19 bits per heavy atom. The van der Waals surface area contributed by atoms with Gasteiger partial charge in [-0.2, -0.15) is 0 Å². The van der Waals surface area contributed by atoms with E-state index in [1.807, 2.05) is 4.90 Å². The van der Waals surface area contributed by atoms with Crippen LogP contribution in [0.4, 0.5) is 5.69 Å². The first-order chi connectivity index (χ1) is 12.9. The van der Waals surface area contributed by atoms with Crippen LogP contribution in [0.2, 0.25) is 0 Å². The van der Waals surface area contributed by atoms with Gasteiger partial charge in [-0.1, -0.05) is 0 Å². The lowest BCUT2D eigenvalue weighted by molar-refractivity contribution is 0.0776. The zero-order valence-corrected chi connectivity index (χ0v) is 15.9. The highest BCUT2D eigenvalue weighted by atomic mass is 32.2. The molecular formula is C19H22N4O3S. The van der Waals surface area contributed by atoms with E-state index in [1.54, 1.807) is 24.3 Å². The van der Waals surface area contributed by atoms with Gasteiger partial charge in [-0.25, -0.2) is 8.42 Å². The zero-order chi connectivity index (χ0) is 19.0. The van der Waals surface area contributed by atoms with Gasteiger partial charge in [0.2, 0.25) is 0 Å². The number of pyridine rings is 1. The van der Waals surface area contributed by atoms with E-state index in [0.717, 1.165) is 26.2 Å². The minimum absolute atomic E-state index is 0.0295. The van der Waals surface area contributed by atoms with Crippen LogP contribution < -0.4 is 4.72 Å². The lowest BCUT2D eigenvalue weighted by atomic mass is 10.0. The van der Waals surface area contributed by atoms with Crippen molar-refractivity contribution in [3.63, 3.8) is 0 Å². The van der Waals surface area contributed by atoms with E-state index in [2.05, 4.69) is 21.7 Å². The fourth-order valence-electron chi connectivity index (χ4n) is 3.99. The van der Waals surface area contributed by atoms with Gasteiger partial charge in [0, 0.05) is 44.1 Å². The first kappa shape index (κ1) is 17.9. The van der Waals surface area contributed by atoms with Gasteiger partial charge >= 0.3 is 0 Å². The van der Waals surface area contributed by atoms with Gasteiger partial charge in [0.05, 0.1) is 10.6 Å². The Kier molecular flexibility index (Phi) is 4.61. The normalized spacial score (nSPS) is 22.6. The van der Waals surface area contributed by atoms with Crippen LogP contribution >= 0.6 is 0 Å². The van der Waals surface area contributed by atoms with E-state index < -0.39 is 10.0 Å². The van der Waals surface area contributed by atoms with Crippen molar-refractivity contribution in [2.45, 2.75) is 4.90 Å². The molecule has 2 fully saturated rings. The van der Waals surface area contributed by atoms with E-state index in [0.29, 0.717) is 23.1 Å². The fraction of sp³-hybridized carbons (Fsp3) is 0.368. The molecule has 2 aliphatic rings. The van der Waals surface area contributed by atoms with Crippen molar-refractivity contribution >= 4 is 21.6 Å². The molecule has 0 spiro atoms. The molecule has 2 atom stereocenters. The molecule has 0 bridgehead atoms. The van der Waals surface area contributed by atoms with Gasteiger partial charge in [-0.05, 0) is 55.3 Å². The number of nitrogens with zero attached hydrogens (tertiary/aromatic N) is 3. The third-order valence-corrected chi connectivity index (χ3v) is 6.70. The number of fused-ring (bicyclic) bond motifs is 1. The van der Waals surface area contributed by atoms with Gasteiger partial charge in [-0.3, -0.25) is 14.5 Å². The van der Waals surface area contributed by atoms with E-state index in [9.17, 15) is 13.2 Å². The minimum Gasteiger partial charge on any atom is -0.338 e. The van der Waals surface area contributed by atoms with Gasteiger partial charge < -0.3 is 9.80 Å². The number of hydrogen-bond donors (Lipinski definition) is 1. The van der Waals surface area contributed by atoms with E-state index in [1.165, 1.54) is 24.5 Å². The molecule has 2 saturated heterocycles. The number of aromatic nitrogens is 1. The number of carbonyl (C=O) groups is 1. The Hall–Kier alpha value is -2.45. The molecule has 1 aromatic heterocycles. The molecular weight excluding hydrogens is 364 g/mol. The molecule has 4 rings (SSSR count). The third-order valence-electron chi connectivity index (χ3n) is 5.30. The van der Waals surface area contributed by atoms with Crippen LogP contribution in [0.3, 0.4) is 0 Å². The van der Waals surface area contributed by atoms with Gasteiger partial charge in [0.15, 0.2) is 0 Å². The maximum absolute atomic E-state index is 12.8. The summed E-state index contributed by atoms with van der Waals surface area (Å²) in [6, 6.07) is 9.28. The number of hydrogen-bond acceptors (Lipinski definition) is 5. The first-order valence-electron chi connectivity index (χ1n) is 8.93. The Labute approximate surface area is 159 Å². The molecule has 142 valence electrons. The van der Waals surface area contributed by atoms with Crippen LogP contribution in [0, 0.1) is 11.8 Å². The molecule has 1 N–H and O–H groups in total. The first-order valence-corrected chi connectivity index (χ1v) is 10.4. The Morgan fingerprint density at radius 2 is 1.59 bits per heavy atom. The maximum atomic E-state index is 12.8. The molecule has 8 heteroatoms. The number of nitrogens with one attached hydrogen (secondary N) is 1. The number of rotatable bonds is 4. The highest BCUT2D eigenvalue weighted by molar-refractivity contribution is 7.92. The summed E-state index contributed by atoms with van der Waals surface area (Å²) < 4.78 is 27.4. The van der Waals surface area contributed by atoms with E-state index in [4.69, 9.17) is 0 Å². The molecule has 1 aromatic carbocycles. The summed E-state index contributed by atoms with van der Waals surface area (Å²) in [5.41, 5.74) is 0.963. The van der Waals surface area contributed by atoms with Crippen molar-refractivity contribution in [1.29, 1.82) is 0 Å². The summed E-state index contributed by atoms with van der Waals surface area (Å²) in [6.07, 6.45) is 3.03. The summed E-state index contributed by atoms with van der Waals surface area (Å²) in [5.74, 6) is 1.06. The molecule has 0 aliphatic carbocycles. The Balaban J connectivity index is 1.45. The number of benzene rings is 1. The predicted octanol–water partition coefficient (Wildman–Crippen LogP) is 1.52. The smallest absolute Gasteiger partial charge is 0.261 e. The van der Waals surface area contributed by atoms with Gasteiger partial charge in [-0.15, -0.1) is 0 Å². The number of carbonyl (C=O) groups excluding carboxylic acids is 1. The van der Waals surface area contributed by atoms with Crippen molar-refractivity contribution in [2.75, 3.05) is 37.9 Å². The van der Waals surface area contributed by atoms with E-state index >= 15 is 0 Å². The van der Waals surface area contributed by atoms with Crippen molar-refractivity contribution < 1.29 is 13.2 Å². The minimum atomic E-state index is -3.70. The van der Waals surface area contributed by atoms with Gasteiger partial charge in [0.25, 0.3) is 15.9 Å². The Bertz CT molecular complexity index is 917. The molecule has 1 amide bonds. The summed E-state index contributed by atoms with van der Waals surface area (Å²) in [5, 5.41) is 0. The molecule has 7 nitrogen and oxygen atoms in total. The van der Waals surface area contributed by atoms with Crippen molar-refractivity contribution in [3.05, 3.63) is 54.4 Å². The molecule has 0 unspecified atom stereocenters. The topological polar surface area (TPSA) is 82.6 Å². The number of likely N-dealkylation sites (tertiary alicyclic amines) is 2. The fourth-order valence-corrected chi connectivity index (χ4v) is 5.05. The molecule has 3 heterocycles. The van der Waals surface area contributed by atoms with Crippen molar-refractivity contribution in [1.82, 2.24) is 14.8 Å². The van der Waals surface area contributed by atoms with Crippen LogP contribution in [0.5, 0.6) is 0 Å². The average Bonchev–Trinajstić information content (AvgIpc) is 3.19. The van der Waals surface area contributed by atoms with Crippen LogP contribution in [0.25, 0.3) is 0 Å². The Morgan fingerprint density at radius 1 is 1.00 bits per heavy atom. The number of amides is 1. The average molecular weight is 386 g/mol. The van der Waals surface area contributed by atoms with Gasteiger partial charge in [0.1, 0.15) is 0 Å². The third kappa shape index (κ3) is 3.68. The summed E-state index contributed by atoms with van der Waals surface area (Å²) in [6.45, 7) is 3.62. The second-order valence-electron chi connectivity index (χ2n) is 7.32. The highest BCUT2D eigenvalue weighted by Crippen LogP contribution is 2.31. The summed E-state index contributed by atoms with van der Waals surface area (Å²) in [7, 11) is -1.59. The van der Waals surface area contributed by atoms with Crippen LogP contribution in [0.1, 0.15) is 10.4 Å². The largest absolute Gasteiger partial charge is 0.338 e. The zero-order valence-electron chi connectivity index (χ0n) is 15.1. The second kappa shape index (κ2) is 6.94. The molecule has 2 aromatic rings. The highest BCUT2D eigenvalue weighted by Gasteiger charge is 2.40. The van der Waals surface area contributed by atoms with Crippen molar-refractivity contribution in [3.8, 4) is 0 Å². The molecule has 0 radical (unpaired) electrons. The summed E-state index contributed by atoms with van der Waals surface area (Å²) in [4.78, 5) is 20.9. The van der Waals surface area contributed by atoms with Crippen LogP contribution in [-0.4, -0.2) is 62.3 Å². The lowest BCUT2D eigenvalue weighted by Gasteiger charge is -2.19. The van der Waals surface area contributed by atoms with Crippen molar-refractivity contribution in [2.24, 2.45) is 11.8 Å². The number of anilines is 1. The predicted molar refractivity (Wildman–Crippen MR) is 102 cm³/mol. The summed E-state index contributed by atoms with van der Waals surface area (Å²) >= 11 is 0.